The molecule has 0 aliphatic heterocycles. The molecule has 0 aliphatic rings. The van der Waals surface area contributed by atoms with Gasteiger partial charge in [0.1, 0.15) is 11.2 Å². The van der Waals surface area contributed by atoms with Gasteiger partial charge in [0, 0.05) is 75.2 Å². The highest BCUT2D eigenvalue weighted by molar-refractivity contribution is 7.26. The molecule has 14 rings (SSSR count). The van der Waals surface area contributed by atoms with Crippen molar-refractivity contribution >= 4 is 103 Å². The van der Waals surface area contributed by atoms with Crippen molar-refractivity contribution in [3.63, 3.8) is 0 Å². The second-order valence-electron chi connectivity index (χ2n) is 17.6. The summed E-state index contributed by atoms with van der Waals surface area (Å²) in [5.74, 6) is 0. The van der Waals surface area contributed by atoms with Crippen molar-refractivity contribution < 1.29 is 4.42 Å². The van der Waals surface area contributed by atoms with Crippen LogP contribution in [0.3, 0.4) is 0 Å². The molecule has 0 bridgehead atoms. The fourth-order valence-corrected chi connectivity index (χ4v) is 11.9. The molecule has 0 saturated carbocycles. The van der Waals surface area contributed by atoms with Crippen LogP contribution in [0.1, 0.15) is 0 Å². The average molecular weight is 885 g/mol. The standard InChI is InChI=1S/C64H40N2OS/c1-2-17-47-41(15-1)35-40-55-54-24-14-23-53(63(54)67-62(47)55)51-20-6-9-27-58(51)65(45-38-33-43(34-39-45)48-22-13-25-56-52-21-7-12-30-61(52)68-64(48)56)44-36-31-42(32-37-44)46-16-3-8-26-57(46)66-59-28-10-4-18-49(59)50-19-5-11-29-60(50)66/h1-40H. The van der Waals surface area contributed by atoms with Crippen LogP contribution in [0.15, 0.2) is 247 Å². The van der Waals surface area contributed by atoms with Gasteiger partial charge in [0.2, 0.25) is 0 Å². The Bertz CT molecular complexity index is 4210. The Morgan fingerprint density at radius 3 is 1.62 bits per heavy atom. The molecule has 0 atom stereocenters. The summed E-state index contributed by atoms with van der Waals surface area (Å²) in [6, 6.07) is 88.0. The number of fused-ring (bicyclic) bond motifs is 11. The fraction of sp³-hybridized carbons (Fsp3) is 0. The number of nitrogens with zero attached hydrogens (tertiary/aromatic N) is 2. The van der Waals surface area contributed by atoms with Crippen molar-refractivity contribution in [1.82, 2.24) is 4.57 Å². The Balaban J connectivity index is 0.935. The highest BCUT2D eigenvalue weighted by atomic mass is 32.1. The van der Waals surface area contributed by atoms with Gasteiger partial charge < -0.3 is 13.9 Å². The van der Waals surface area contributed by atoms with Gasteiger partial charge in [-0.25, -0.2) is 0 Å². The maximum Gasteiger partial charge on any atom is 0.143 e. The van der Waals surface area contributed by atoms with E-state index in [0.717, 1.165) is 66.8 Å². The lowest BCUT2D eigenvalue weighted by Crippen LogP contribution is -2.11. The van der Waals surface area contributed by atoms with Gasteiger partial charge >= 0.3 is 0 Å². The highest BCUT2D eigenvalue weighted by Gasteiger charge is 2.22. The van der Waals surface area contributed by atoms with Crippen molar-refractivity contribution in [1.29, 1.82) is 0 Å². The molecule has 0 radical (unpaired) electrons. The minimum atomic E-state index is 0.884. The molecule has 4 heteroatoms. The van der Waals surface area contributed by atoms with Crippen LogP contribution in [-0.2, 0) is 0 Å². The zero-order valence-corrected chi connectivity index (χ0v) is 37.6. The molecule has 0 saturated heterocycles. The SMILES string of the molecule is c1ccc(N(c2ccc(-c3ccccc3-n3c4ccccc4c4ccccc43)cc2)c2ccc(-c3cccc4c3sc3ccccc34)cc2)c(-c2cccc3c2oc2c4ccccc4ccc32)c1. The lowest BCUT2D eigenvalue weighted by Gasteiger charge is -2.28. The van der Waals surface area contributed by atoms with Gasteiger partial charge in [-0.3, -0.25) is 0 Å². The first-order chi connectivity index (χ1) is 33.7. The summed E-state index contributed by atoms with van der Waals surface area (Å²) in [7, 11) is 0. The predicted octanol–water partition coefficient (Wildman–Crippen LogP) is 18.7. The number of benzene rings is 11. The Hall–Kier alpha value is -8.70. The van der Waals surface area contributed by atoms with Crippen LogP contribution in [0, 0.1) is 0 Å². The minimum absolute atomic E-state index is 0.884. The van der Waals surface area contributed by atoms with Crippen molar-refractivity contribution in [2.75, 3.05) is 4.90 Å². The van der Waals surface area contributed by atoms with E-state index in [-0.39, 0.29) is 0 Å². The van der Waals surface area contributed by atoms with E-state index in [1.165, 1.54) is 64.1 Å². The molecule has 0 amide bonds. The first kappa shape index (κ1) is 38.6. The van der Waals surface area contributed by atoms with E-state index in [2.05, 4.69) is 252 Å². The monoisotopic (exact) mass is 884 g/mol. The molecular formula is C64H40N2OS. The van der Waals surface area contributed by atoms with Gasteiger partial charge in [0.15, 0.2) is 0 Å². The van der Waals surface area contributed by atoms with Crippen LogP contribution < -0.4 is 4.90 Å². The molecule has 3 heterocycles. The molecule has 14 aromatic rings. The number of rotatable bonds is 7. The zero-order valence-electron chi connectivity index (χ0n) is 36.8. The smallest absolute Gasteiger partial charge is 0.143 e. The number of anilines is 3. The molecule has 318 valence electrons. The molecule has 11 aromatic carbocycles. The Kier molecular flexibility index (Phi) is 8.76. The molecule has 68 heavy (non-hydrogen) atoms. The average Bonchev–Trinajstić information content (AvgIpc) is 4.10. The van der Waals surface area contributed by atoms with Crippen LogP contribution in [0.2, 0.25) is 0 Å². The molecule has 3 nitrogen and oxygen atoms in total. The van der Waals surface area contributed by atoms with Gasteiger partial charge in [0.05, 0.1) is 22.4 Å². The maximum atomic E-state index is 6.96. The highest BCUT2D eigenvalue weighted by Crippen LogP contribution is 2.47. The number of para-hydroxylation sites is 5. The second kappa shape index (κ2) is 15.5. The molecular weight excluding hydrogens is 845 g/mol. The van der Waals surface area contributed by atoms with E-state index in [1.807, 2.05) is 11.3 Å². The van der Waals surface area contributed by atoms with E-state index in [4.69, 9.17) is 4.42 Å². The summed E-state index contributed by atoms with van der Waals surface area (Å²) in [4.78, 5) is 2.40. The number of aromatic nitrogens is 1. The Morgan fingerprint density at radius 2 is 0.868 bits per heavy atom. The van der Waals surface area contributed by atoms with Gasteiger partial charge in [0.25, 0.3) is 0 Å². The third kappa shape index (κ3) is 5.98. The summed E-state index contributed by atoms with van der Waals surface area (Å²) < 4.78 is 12.0. The Labute approximate surface area is 396 Å². The van der Waals surface area contributed by atoms with E-state index in [9.17, 15) is 0 Å². The second-order valence-corrected chi connectivity index (χ2v) is 18.6. The van der Waals surface area contributed by atoms with Gasteiger partial charge in [-0.2, -0.15) is 0 Å². The Morgan fingerprint density at radius 1 is 0.338 bits per heavy atom. The summed E-state index contributed by atoms with van der Waals surface area (Å²) in [5.41, 5.74) is 15.4. The van der Waals surface area contributed by atoms with Gasteiger partial charge in [-0.05, 0) is 82.7 Å². The van der Waals surface area contributed by atoms with Crippen molar-refractivity contribution in [2.24, 2.45) is 0 Å². The first-order valence-corrected chi connectivity index (χ1v) is 24.0. The van der Waals surface area contributed by atoms with E-state index < -0.39 is 0 Å². The quantitative estimate of drug-likeness (QED) is 0.159. The third-order valence-electron chi connectivity index (χ3n) is 13.8. The molecule has 0 aliphatic carbocycles. The summed E-state index contributed by atoms with van der Waals surface area (Å²) in [6.45, 7) is 0. The van der Waals surface area contributed by atoms with E-state index >= 15 is 0 Å². The summed E-state index contributed by atoms with van der Waals surface area (Å²) in [6.07, 6.45) is 0. The van der Waals surface area contributed by atoms with Crippen LogP contribution >= 0.6 is 11.3 Å². The molecule has 0 fully saturated rings. The van der Waals surface area contributed by atoms with Gasteiger partial charge in [-0.1, -0.05) is 182 Å². The lowest BCUT2D eigenvalue weighted by atomic mass is 9.98. The van der Waals surface area contributed by atoms with Crippen LogP contribution in [0.4, 0.5) is 17.1 Å². The molecule has 0 N–H and O–H groups in total. The number of hydrogen-bond acceptors (Lipinski definition) is 3. The maximum absolute atomic E-state index is 6.96. The van der Waals surface area contributed by atoms with E-state index in [0.29, 0.717) is 0 Å². The summed E-state index contributed by atoms with van der Waals surface area (Å²) in [5, 5.41) is 9.62. The zero-order chi connectivity index (χ0) is 44.7. The molecule has 0 spiro atoms. The van der Waals surface area contributed by atoms with E-state index in [1.54, 1.807) is 0 Å². The minimum Gasteiger partial charge on any atom is -0.455 e. The normalized spacial score (nSPS) is 11.8. The number of hydrogen-bond donors (Lipinski definition) is 0. The van der Waals surface area contributed by atoms with Crippen LogP contribution in [0.25, 0.3) is 114 Å². The molecule has 0 unspecified atom stereocenters. The largest absolute Gasteiger partial charge is 0.455 e. The summed E-state index contributed by atoms with van der Waals surface area (Å²) >= 11 is 1.87. The first-order valence-electron chi connectivity index (χ1n) is 23.2. The topological polar surface area (TPSA) is 21.3 Å². The predicted molar refractivity (Wildman–Crippen MR) is 289 cm³/mol. The third-order valence-corrected chi connectivity index (χ3v) is 15.0. The molecule has 3 aromatic heterocycles. The van der Waals surface area contributed by atoms with Crippen molar-refractivity contribution in [2.45, 2.75) is 0 Å². The lowest BCUT2D eigenvalue weighted by molar-refractivity contribution is 0.674. The number of furan rings is 1. The van der Waals surface area contributed by atoms with Crippen molar-refractivity contribution in [3.05, 3.63) is 243 Å². The van der Waals surface area contributed by atoms with Crippen LogP contribution in [-0.4, -0.2) is 4.57 Å². The fourth-order valence-electron chi connectivity index (χ4n) is 10.7. The van der Waals surface area contributed by atoms with Crippen LogP contribution in [0.5, 0.6) is 0 Å². The van der Waals surface area contributed by atoms with Crippen molar-refractivity contribution in [3.8, 4) is 39.1 Å². The van der Waals surface area contributed by atoms with Gasteiger partial charge in [-0.15, -0.1) is 11.3 Å². The number of thiophene rings is 1.